The maximum Gasteiger partial charge on any atom is 0.163 e. The van der Waals surface area contributed by atoms with E-state index in [4.69, 9.17) is 14.2 Å². The molecule has 2 N–H and O–H groups in total. The van der Waals surface area contributed by atoms with E-state index in [-0.39, 0.29) is 6.04 Å². The number of nitrogens with zero attached hydrogens (tertiary/aromatic N) is 1. The number of hydrogen-bond acceptors (Lipinski definition) is 3. The molecule has 2 aromatic carbocycles. The summed E-state index contributed by atoms with van der Waals surface area (Å²) in [7, 11) is 1.69. The lowest BCUT2D eigenvalue weighted by molar-refractivity contribution is -0.702. The average Bonchev–Trinajstić information content (AvgIpc) is 3.14. The number of hydrogen-bond donors (Lipinski definition) is 1. The van der Waals surface area contributed by atoms with Crippen molar-refractivity contribution >= 4 is 0 Å². The van der Waals surface area contributed by atoms with Gasteiger partial charge in [0.15, 0.2) is 17.5 Å². The van der Waals surface area contributed by atoms with Crippen LogP contribution in [0.4, 0.5) is 0 Å². The van der Waals surface area contributed by atoms with Crippen LogP contribution in [-0.2, 0) is 6.54 Å². The van der Waals surface area contributed by atoms with Gasteiger partial charge < -0.3 is 24.1 Å². The number of methoxy groups -OCH3 is 1. The molecule has 1 aliphatic rings. The van der Waals surface area contributed by atoms with Gasteiger partial charge in [0.05, 0.1) is 31.7 Å². The second-order valence-electron chi connectivity index (χ2n) is 6.79. The number of benzene rings is 2. The summed E-state index contributed by atoms with van der Waals surface area (Å²) < 4.78 is 19.3. The Morgan fingerprint density at radius 1 is 1.00 bits per heavy atom. The van der Waals surface area contributed by atoms with Gasteiger partial charge in [0.1, 0.15) is 12.3 Å². The fraction of sp³-hybridized carbons (Fsp3) is 0.304. The first kappa shape index (κ1) is 18.4. The lowest BCUT2D eigenvalue weighted by Crippen LogP contribution is -2.83. The molecule has 0 bridgehead atoms. The molecule has 2 heterocycles. The fourth-order valence-electron chi connectivity index (χ4n) is 3.87. The van der Waals surface area contributed by atoms with E-state index in [2.05, 4.69) is 52.5 Å². The standard InChI is InChI=1S/C23H26N2O3/c1-4-27-21-13-17-15-24-23(16-8-10-18(26-3)11-9-16)19-7-6-12-25(19)20(17)14-22(21)28-5-2/h6-14,23-24H,4-5,15H2,1-3H3/p+1/t23-/m0/s1. The van der Waals surface area contributed by atoms with E-state index in [1.165, 1.54) is 16.8 Å². The van der Waals surface area contributed by atoms with Crippen LogP contribution in [0.3, 0.4) is 0 Å². The van der Waals surface area contributed by atoms with Gasteiger partial charge in [0.2, 0.25) is 0 Å². The summed E-state index contributed by atoms with van der Waals surface area (Å²) in [5.41, 5.74) is 4.89. The summed E-state index contributed by atoms with van der Waals surface area (Å²) in [6, 6.07) is 17.1. The highest BCUT2D eigenvalue weighted by molar-refractivity contribution is 5.56. The molecule has 5 nitrogen and oxygen atoms in total. The molecule has 1 aliphatic heterocycles. The zero-order valence-electron chi connectivity index (χ0n) is 16.6. The highest BCUT2D eigenvalue weighted by Gasteiger charge is 2.27. The molecule has 5 heteroatoms. The molecule has 0 unspecified atom stereocenters. The van der Waals surface area contributed by atoms with Crippen molar-refractivity contribution in [3.63, 3.8) is 0 Å². The van der Waals surface area contributed by atoms with Crippen molar-refractivity contribution in [1.82, 2.24) is 4.57 Å². The molecular weight excluding hydrogens is 352 g/mol. The second-order valence-corrected chi connectivity index (χ2v) is 6.79. The third-order valence-electron chi connectivity index (χ3n) is 5.15. The molecule has 1 atom stereocenters. The van der Waals surface area contributed by atoms with Gasteiger partial charge in [-0.25, -0.2) is 0 Å². The Kier molecular flexibility index (Phi) is 5.26. The zero-order chi connectivity index (χ0) is 19.5. The Morgan fingerprint density at radius 2 is 1.71 bits per heavy atom. The molecule has 28 heavy (non-hydrogen) atoms. The monoisotopic (exact) mass is 379 g/mol. The van der Waals surface area contributed by atoms with E-state index in [9.17, 15) is 0 Å². The number of ether oxygens (including phenoxy) is 3. The minimum Gasteiger partial charge on any atom is -0.497 e. The summed E-state index contributed by atoms with van der Waals surface area (Å²) in [4.78, 5) is 0. The molecule has 0 radical (unpaired) electrons. The van der Waals surface area contributed by atoms with E-state index >= 15 is 0 Å². The number of aromatic nitrogens is 1. The lowest BCUT2D eigenvalue weighted by Gasteiger charge is -2.16. The Balaban J connectivity index is 1.78. The maximum atomic E-state index is 5.86. The summed E-state index contributed by atoms with van der Waals surface area (Å²) >= 11 is 0. The first-order valence-electron chi connectivity index (χ1n) is 9.82. The number of quaternary nitrogens is 1. The quantitative estimate of drug-likeness (QED) is 0.714. The summed E-state index contributed by atoms with van der Waals surface area (Å²) in [5.74, 6) is 2.48. The van der Waals surface area contributed by atoms with Crippen molar-refractivity contribution in [2.75, 3.05) is 20.3 Å². The maximum absolute atomic E-state index is 5.86. The second kappa shape index (κ2) is 7.98. The van der Waals surface area contributed by atoms with Crippen LogP contribution in [0.1, 0.15) is 36.7 Å². The van der Waals surface area contributed by atoms with Crippen molar-refractivity contribution in [1.29, 1.82) is 0 Å². The van der Waals surface area contributed by atoms with Gasteiger partial charge >= 0.3 is 0 Å². The van der Waals surface area contributed by atoms with Crippen molar-refractivity contribution in [3.05, 3.63) is 71.5 Å². The largest absolute Gasteiger partial charge is 0.497 e. The number of fused-ring (bicyclic) bond motifs is 3. The van der Waals surface area contributed by atoms with Gasteiger partial charge in [0, 0.05) is 23.4 Å². The normalized spacial score (nSPS) is 15.3. The van der Waals surface area contributed by atoms with E-state index in [0.717, 1.165) is 29.5 Å². The molecule has 0 fully saturated rings. The molecule has 1 aromatic heterocycles. The fourth-order valence-corrected chi connectivity index (χ4v) is 3.87. The van der Waals surface area contributed by atoms with Crippen LogP contribution >= 0.6 is 0 Å². The van der Waals surface area contributed by atoms with Gasteiger partial charge in [-0.3, -0.25) is 0 Å². The predicted molar refractivity (Wildman–Crippen MR) is 109 cm³/mol. The molecule has 0 saturated heterocycles. The van der Waals surface area contributed by atoms with E-state index in [1.807, 2.05) is 26.0 Å². The average molecular weight is 379 g/mol. The molecule has 0 amide bonds. The van der Waals surface area contributed by atoms with Crippen molar-refractivity contribution in [2.24, 2.45) is 0 Å². The van der Waals surface area contributed by atoms with Crippen LogP contribution in [0.2, 0.25) is 0 Å². The van der Waals surface area contributed by atoms with Crippen molar-refractivity contribution in [2.45, 2.75) is 26.4 Å². The SMILES string of the molecule is CCOc1cc2c(cc1OCC)-n1cccc1[C@H](c1ccc(OC)cc1)[NH2+]C2. The third kappa shape index (κ3) is 3.34. The zero-order valence-corrected chi connectivity index (χ0v) is 16.6. The Hall–Kier alpha value is -2.92. The molecule has 4 rings (SSSR count). The van der Waals surface area contributed by atoms with Crippen LogP contribution in [0, 0.1) is 0 Å². The summed E-state index contributed by atoms with van der Waals surface area (Å²) in [6.07, 6.45) is 2.12. The van der Waals surface area contributed by atoms with Crippen LogP contribution in [0.5, 0.6) is 17.2 Å². The van der Waals surface area contributed by atoms with Gasteiger partial charge in [-0.05, 0) is 56.3 Å². The summed E-state index contributed by atoms with van der Waals surface area (Å²) in [6.45, 7) is 6.08. The Bertz CT molecular complexity index is 947. The Morgan fingerprint density at radius 3 is 2.39 bits per heavy atom. The van der Waals surface area contributed by atoms with Crippen molar-refractivity contribution in [3.8, 4) is 22.9 Å². The highest BCUT2D eigenvalue weighted by atomic mass is 16.5. The van der Waals surface area contributed by atoms with Crippen LogP contribution in [0.25, 0.3) is 5.69 Å². The van der Waals surface area contributed by atoms with Gasteiger partial charge in [-0.2, -0.15) is 0 Å². The molecule has 146 valence electrons. The predicted octanol–water partition coefficient (Wildman–Crippen LogP) is 3.45. The smallest absolute Gasteiger partial charge is 0.163 e. The van der Waals surface area contributed by atoms with Crippen LogP contribution in [-0.4, -0.2) is 24.9 Å². The summed E-state index contributed by atoms with van der Waals surface area (Å²) in [5, 5.41) is 2.37. The Labute approximate surface area is 165 Å². The van der Waals surface area contributed by atoms with Gasteiger partial charge in [0.25, 0.3) is 0 Å². The van der Waals surface area contributed by atoms with Gasteiger partial charge in [-0.15, -0.1) is 0 Å². The number of rotatable bonds is 6. The lowest BCUT2D eigenvalue weighted by atomic mass is 10.0. The molecule has 0 spiro atoms. The van der Waals surface area contributed by atoms with Crippen LogP contribution < -0.4 is 19.5 Å². The van der Waals surface area contributed by atoms with Gasteiger partial charge in [-0.1, -0.05) is 0 Å². The highest BCUT2D eigenvalue weighted by Crippen LogP contribution is 2.36. The number of nitrogens with two attached hydrogens (primary N) is 1. The topological polar surface area (TPSA) is 49.2 Å². The first-order chi connectivity index (χ1) is 13.7. The van der Waals surface area contributed by atoms with Crippen LogP contribution in [0.15, 0.2) is 54.7 Å². The minimum absolute atomic E-state index is 0.208. The van der Waals surface area contributed by atoms with E-state index < -0.39 is 0 Å². The molecule has 0 aliphatic carbocycles. The third-order valence-corrected chi connectivity index (χ3v) is 5.15. The minimum atomic E-state index is 0.208. The molecule has 0 saturated carbocycles. The van der Waals surface area contributed by atoms with E-state index in [0.29, 0.717) is 13.2 Å². The molecule has 3 aromatic rings. The van der Waals surface area contributed by atoms with Crippen molar-refractivity contribution < 1.29 is 19.5 Å². The van der Waals surface area contributed by atoms with E-state index in [1.54, 1.807) is 7.11 Å². The first-order valence-corrected chi connectivity index (χ1v) is 9.82. The molecular formula is C23H27N2O3+.